The smallest absolute Gasteiger partial charge is 0.315 e. The van der Waals surface area contributed by atoms with E-state index < -0.39 is 6.04 Å². The first-order valence-corrected chi connectivity index (χ1v) is 11.1. The number of ether oxygens (including phenoxy) is 1. The number of rotatable bonds is 8. The third kappa shape index (κ3) is 5.71. The summed E-state index contributed by atoms with van der Waals surface area (Å²) in [7, 11) is 1.46. The van der Waals surface area contributed by atoms with Crippen LogP contribution in [-0.2, 0) is 20.9 Å². The van der Waals surface area contributed by atoms with Gasteiger partial charge in [0.2, 0.25) is 11.8 Å². The van der Waals surface area contributed by atoms with E-state index in [1.54, 1.807) is 11.3 Å². The summed E-state index contributed by atoms with van der Waals surface area (Å²) < 4.78 is 4.86. The van der Waals surface area contributed by atoms with Gasteiger partial charge in [-0.1, -0.05) is 6.07 Å². The number of piperazine rings is 1. The predicted octanol–water partition coefficient (Wildman–Crippen LogP) is 0.372. The van der Waals surface area contributed by atoms with E-state index in [-0.39, 0.29) is 49.1 Å². The lowest BCUT2D eigenvalue weighted by atomic mass is 10.1. The van der Waals surface area contributed by atoms with Gasteiger partial charge in [0.25, 0.3) is 0 Å². The maximum atomic E-state index is 13.3. The van der Waals surface area contributed by atoms with Gasteiger partial charge in [0.05, 0.1) is 6.04 Å². The third-order valence-electron chi connectivity index (χ3n) is 5.33. The molecule has 3 heterocycles. The van der Waals surface area contributed by atoms with Crippen LogP contribution in [0.3, 0.4) is 0 Å². The van der Waals surface area contributed by atoms with E-state index in [1.807, 2.05) is 30.2 Å². The average molecular weight is 438 g/mol. The number of methoxy groups -OCH3 is 1. The number of fused-ring (bicyclic) bond motifs is 1. The highest BCUT2D eigenvalue weighted by atomic mass is 32.1. The van der Waals surface area contributed by atoms with E-state index in [0.717, 1.165) is 6.42 Å². The summed E-state index contributed by atoms with van der Waals surface area (Å²) in [6.07, 6.45) is 0.723. The Hall–Kier alpha value is -2.17. The molecule has 0 aromatic carbocycles. The molecule has 166 valence electrons. The lowest BCUT2D eigenvalue weighted by Crippen LogP contribution is -2.62. The van der Waals surface area contributed by atoms with Gasteiger partial charge >= 0.3 is 6.03 Å². The zero-order valence-electron chi connectivity index (χ0n) is 17.7. The van der Waals surface area contributed by atoms with Crippen molar-refractivity contribution in [2.45, 2.75) is 51.0 Å². The van der Waals surface area contributed by atoms with Crippen LogP contribution in [0.2, 0.25) is 0 Å². The molecule has 1 aromatic heterocycles. The van der Waals surface area contributed by atoms with Gasteiger partial charge in [-0.3, -0.25) is 14.5 Å². The average Bonchev–Trinajstić information content (AvgIpc) is 3.30. The predicted molar refractivity (Wildman–Crippen MR) is 114 cm³/mol. The summed E-state index contributed by atoms with van der Waals surface area (Å²) >= 11 is 1.65. The Morgan fingerprint density at radius 2 is 2.13 bits per heavy atom. The van der Waals surface area contributed by atoms with E-state index >= 15 is 0 Å². The highest BCUT2D eigenvalue weighted by Crippen LogP contribution is 2.28. The summed E-state index contributed by atoms with van der Waals surface area (Å²) in [4.78, 5) is 42.4. The van der Waals surface area contributed by atoms with Crippen molar-refractivity contribution in [3.05, 3.63) is 22.4 Å². The van der Waals surface area contributed by atoms with E-state index in [4.69, 9.17) is 4.74 Å². The number of carbonyl (C=O) groups excluding carboxylic acids is 3. The molecule has 0 bridgehead atoms. The standard InChI is InChI=1S/C20H31N5O4S/c1-13(2)22-20(28)23-14-7-15-10-24(11-16-5-4-6-30-16)17(19(27)25(15)9-14)8-21-18(26)12-29-3/h4-6,13-15,17H,7-12H2,1-3H3,(H,21,26)(H2,22,23,28)/t14-,15-,17-/m0/s1. The summed E-state index contributed by atoms with van der Waals surface area (Å²) in [5.41, 5.74) is 0. The number of nitrogens with one attached hydrogen (secondary N) is 3. The highest BCUT2D eigenvalue weighted by molar-refractivity contribution is 7.09. The Morgan fingerprint density at radius 3 is 2.80 bits per heavy atom. The number of hydrogen-bond acceptors (Lipinski definition) is 6. The normalized spacial score (nSPS) is 24.1. The van der Waals surface area contributed by atoms with E-state index in [1.165, 1.54) is 12.0 Å². The van der Waals surface area contributed by atoms with Crippen LogP contribution in [0, 0.1) is 0 Å². The van der Waals surface area contributed by atoms with Crippen LogP contribution >= 0.6 is 11.3 Å². The minimum atomic E-state index is -0.438. The molecule has 2 saturated heterocycles. The summed E-state index contributed by atoms with van der Waals surface area (Å²) in [6, 6.07) is 3.43. The molecule has 0 saturated carbocycles. The molecule has 0 aliphatic carbocycles. The van der Waals surface area contributed by atoms with Gasteiger partial charge in [0.15, 0.2) is 0 Å². The molecule has 2 fully saturated rings. The topological polar surface area (TPSA) is 103 Å². The molecule has 2 aliphatic heterocycles. The first kappa shape index (κ1) is 22.5. The number of nitrogens with zero attached hydrogens (tertiary/aromatic N) is 2. The number of urea groups is 1. The van der Waals surface area contributed by atoms with Gasteiger partial charge in [-0.15, -0.1) is 11.3 Å². The summed E-state index contributed by atoms with van der Waals surface area (Å²) in [5.74, 6) is -0.246. The number of hydrogen-bond donors (Lipinski definition) is 3. The van der Waals surface area contributed by atoms with Crippen LogP contribution in [-0.4, -0.2) is 85.2 Å². The Kier molecular flexibility index (Phi) is 7.68. The van der Waals surface area contributed by atoms with Crippen molar-refractivity contribution in [2.75, 3.05) is 33.4 Å². The second-order valence-corrected chi connectivity index (χ2v) is 9.14. The molecule has 1 aromatic rings. The monoisotopic (exact) mass is 437 g/mol. The van der Waals surface area contributed by atoms with Crippen molar-refractivity contribution < 1.29 is 19.1 Å². The fraction of sp³-hybridized carbons (Fsp3) is 0.650. The van der Waals surface area contributed by atoms with Gasteiger partial charge in [-0.05, 0) is 31.7 Å². The van der Waals surface area contributed by atoms with Gasteiger partial charge in [-0.25, -0.2) is 4.79 Å². The van der Waals surface area contributed by atoms with Gasteiger partial charge in [0, 0.05) is 50.2 Å². The lowest BCUT2D eigenvalue weighted by Gasteiger charge is -2.42. The molecular weight excluding hydrogens is 406 g/mol. The summed E-state index contributed by atoms with van der Waals surface area (Å²) in [5, 5.41) is 10.6. The molecule has 4 amide bonds. The first-order valence-electron chi connectivity index (χ1n) is 10.3. The highest BCUT2D eigenvalue weighted by Gasteiger charge is 2.45. The second-order valence-electron chi connectivity index (χ2n) is 8.11. The van der Waals surface area contributed by atoms with Crippen molar-refractivity contribution >= 4 is 29.2 Å². The molecule has 10 heteroatoms. The fourth-order valence-corrected chi connectivity index (χ4v) is 4.81. The molecule has 0 radical (unpaired) electrons. The molecule has 0 spiro atoms. The van der Waals surface area contributed by atoms with Crippen molar-refractivity contribution in [3.63, 3.8) is 0 Å². The van der Waals surface area contributed by atoms with Crippen LogP contribution in [0.25, 0.3) is 0 Å². The minimum Gasteiger partial charge on any atom is -0.375 e. The first-order chi connectivity index (χ1) is 14.4. The van der Waals surface area contributed by atoms with E-state index in [0.29, 0.717) is 19.6 Å². The largest absolute Gasteiger partial charge is 0.375 e. The number of thiophene rings is 1. The molecule has 2 aliphatic rings. The SMILES string of the molecule is COCC(=O)NC[C@H]1C(=O)N2C[C@@H](NC(=O)NC(C)C)C[C@H]2CN1Cc1cccs1. The van der Waals surface area contributed by atoms with Crippen LogP contribution < -0.4 is 16.0 Å². The fourth-order valence-electron chi connectivity index (χ4n) is 4.09. The Morgan fingerprint density at radius 1 is 1.33 bits per heavy atom. The minimum absolute atomic E-state index is 0.00547. The van der Waals surface area contributed by atoms with Gasteiger partial charge < -0.3 is 25.6 Å². The molecule has 3 N–H and O–H groups in total. The Labute approximate surface area is 181 Å². The van der Waals surface area contributed by atoms with Crippen molar-refractivity contribution in [1.82, 2.24) is 25.8 Å². The molecule has 30 heavy (non-hydrogen) atoms. The van der Waals surface area contributed by atoms with Crippen molar-refractivity contribution in [3.8, 4) is 0 Å². The van der Waals surface area contributed by atoms with Crippen LogP contribution in [0.15, 0.2) is 17.5 Å². The molecule has 9 nitrogen and oxygen atoms in total. The van der Waals surface area contributed by atoms with Crippen LogP contribution in [0.5, 0.6) is 0 Å². The van der Waals surface area contributed by atoms with Gasteiger partial charge in [-0.2, -0.15) is 0 Å². The summed E-state index contributed by atoms with van der Waals surface area (Å²) in [6.45, 7) is 5.88. The number of carbonyl (C=O) groups is 3. The Bertz CT molecular complexity index is 742. The second kappa shape index (κ2) is 10.2. The molecule has 0 unspecified atom stereocenters. The molecular formula is C20H31N5O4S. The van der Waals surface area contributed by atoms with Crippen LogP contribution in [0.4, 0.5) is 4.79 Å². The maximum Gasteiger partial charge on any atom is 0.315 e. The van der Waals surface area contributed by atoms with Crippen molar-refractivity contribution in [1.29, 1.82) is 0 Å². The van der Waals surface area contributed by atoms with E-state index in [9.17, 15) is 14.4 Å². The maximum absolute atomic E-state index is 13.3. The van der Waals surface area contributed by atoms with Crippen LogP contribution in [0.1, 0.15) is 25.1 Å². The molecule has 3 atom stereocenters. The zero-order chi connectivity index (χ0) is 21.7. The Balaban J connectivity index is 1.67. The zero-order valence-corrected chi connectivity index (χ0v) is 18.5. The molecule has 3 rings (SSSR count). The number of amides is 4. The van der Waals surface area contributed by atoms with Crippen molar-refractivity contribution in [2.24, 2.45) is 0 Å². The lowest BCUT2D eigenvalue weighted by molar-refractivity contribution is -0.144. The van der Waals surface area contributed by atoms with E-state index in [2.05, 4.69) is 26.9 Å². The quantitative estimate of drug-likeness (QED) is 0.545. The van der Waals surface area contributed by atoms with Gasteiger partial charge in [0.1, 0.15) is 12.6 Å². The third-order valence-corrected chi connectivity index (χ3v) is 6.19.